The Hall–Kier alpha value is -16.3. The molecule has 18 aromatic carbocycles. The third-order valence-electron chi connectivity index (χ3n) is 22.9. The van der Waals surface area contributed by atoms with Crippen molar-refractivity contribution in [2.45, 2.75) is 0 Å². The van der Waals surface area contributed by atoms with Crippen molar-refractivity contribution in [3.8, 4) is 203 Å². The van der Waals surface area contributed by atoms with Crippen LogP contribution in [0, 0.1) is 22.7 Å². The van der Waals surface area contributed by atoms with E-state index in [2.05, 4.69) is 267 Å². The zero-order chi connectivity index (χ0) is 78.6. The van der Waals surface area contributed by atoms with Crippen LogP contribution < -0.4 is 0 Å². The Balaban J connectivity index is 0.000000147. The molecule has 0 radical (unpaired) electrons. The van der Waals surface area contributed by atoms with Crippen LogP contribution in [0.4, 0.5) is 0 Å². The lowest BCUT2D eigenvalue weighted by molar-refractivity contribution is 1.07. The lowest BCUT2D eigenvalue weighted by atomic mass is 9.85. The number of benzene rings is 18. The topological polar surface area (TPSA) is 125 Å². The Labute approximate surface area is 682 Å². The van der Waals surface area contributed by atoms with Crippen molar-refractivity contribution < 1.29 is 0 Å². The van der Waals surface area contributed by atoms with E-state index >= 15 is 0 Å². The van der Waals surface area contributed by atoms with Gasteiger partial charge < -0.3 is 0 Å². The molecule has 8 heteroatoms. The highest BCUT2D eigenvalue weighted by Gasteiger charge is 2.28. The molecule has 2 aliphatic carbocycles. The molecular formula is C110H66N8. The van der Waals surface area contributed by atoms with Gasteiger partial charge in [-0.1, -0.05) is 376 Å². The molecule has 118 heavy (non-hydrogen) atoms. The SMILES string of the molecule is N#Cc1ccc(-c2ccc3c4c(ccc(-c5ccc(-c6ccc(-c7ccc(-c8nc(-c9ccccc9)nc(-c9ccccc9)n8)cc7)cc6)cc5)c24)-c2ccccc2-3)cc1.N#Cc1ccc(-c2ccc3c4c(ccc(-c5ccc(-c6ccc(-c7nc(-c8ccccc8)nc(-c8ccccc8)n7)cc6)c6ccccc56)c24)-c2ccccc2-3)cc1. The van der Waals surface area contributed by atoms with Gasteiger partial charge in [0.2, 0.25) is 0 Å². The first-order valence-electron chi connectivity index (χ1n) is 39.5. The Morgan fingerprint density at radius 1 is 0.136 bits per heavy atom. The number of nitrogens with zero attached hydrogens (tertiary/aromatic N) is 8. The highest BCUT2D eigenvalue weighted by atomic mass is 15.0. The van der Waals surface area contributed by atoms with Gasteiger partial charge >= 0.3 is 0 Å². The first kappa shape index (κ1) is 69.7. The van der Waals surface area contributed by atoms with Gasteiger partial charge in [-0.3, -0.25) is 0 Å². The minimum atomic E-state index is 0.631. The van der Waals surface area contributed by atoms with Crippen LogP contribution in [0.2, 0.25) is 0 Å². The average Bonchev–Trinajstić information content (AvgIpc) is 1.52. The monoisotopic (exact) mass is 1500 g/mol. The van der Waals surface area contributed by atoms with Crippen LogP contribution >= 0.6 is 0 Å². The van der Waals surface area contributed by atoms with E-state index < -0.39 is 0 Å². The van der Waals surface area contributed by atoms with E-state index in [1.807, 2.05) is 146 Å². The Morgan fingerprint density at radius 3 is 0.619 bits per heavy atom. The largest absolute Gasteiger partial charge is 0.208 e. The summed E-state index contributed by atoms with van der Waals surface area (Å²) in [6.45, 7) is 0. The summed E-state index contributed by atoms with van der Waals surface area (Å²) in [6.07, 6.45) is 0. The third-order valence-corrected chi connectivity index (χ3v) is 22.9. The summed E-state index contributed by atoms with van der Waals surface area (Å²) in [4.78, 5) is 29.4. The Kier molecular flexibility index (Phi) is 17.5. The van der Waals surface area contributed by atoms with Gasteiger partial charge in [0.15, 0.2) is 34.9 Å². The molecule has 546 valence electrons. The predicted octanol–water partition coefficient (Wildman–Crippen LogP) is 27.9. The maximum absolute atomic E-state index is 9.56. The Morgan fingerprint density at radius 2 is 0.322 bits per heavy atom. The summed E-state index contributed by atoms with van der Waals surface area (Å²) in [5.74, 6) is 3.85. The second kappa shape index (κ2) is 29.7. The van der Waals surface area contributed by atoms with Crippen molar-refractivity contribution >= 4 is 32.3 Å². The molecule has 2 aromatic heterocycles. The second-order valence-corrected chi connectivity index (χ2v) is 29.7. The van der Waals surface area contributed by atoms with Gasteiger partial charge in [-0.05, 0) is 179 Å². The van der Waals surface area contributed by atoms with Gasteiger partial charge in [0.1, 0.15) is 0 Å². The number of aromatic nitrogens is 6. The Bertz CT molecular complexity index is 7230. The van der Waals surface area contributed by atoms with Crippen LogP contribution in [0.25, 0.3) is 223 Å². The maximum Gasteiger partial charge on any atom is 0.164 e. The molecule has 0 fully saturated rings. The molecule has 0 atom stereocenters. The van der Waals surface area contributed by atoms with Crippen molar-refractivity contribution in [3.63, 3.8) is 0 Å². The summed E-state index contributed by atoms with van der Waals surface area (Å²) < 4.78 is 0. The van der Waals surface area contributed by atoms with Crippen LogP contribution in [-0.2, 0) is 0 Å². The minimum absolute atomic E-state index is 0.631. The normalized spacial score (nSPS) is 11.4. The zero-order valence-corrected chi connectivity index (χ0v) is 63.7. The number of hydrogen-bond acceptors (Lipinski definition) is 8. The maximum atomic E-state index is 9.56. The molecule has 0 amide bonds. The van der Waals surface area contributed by atoms with Gasteiger partial charge in [-0.2, -0.15) is 10.5 Å². The average molecular weight is 1500 g/mol. The van der Waals surface area contributed by atoms with E-state index in [0.29, 0.717) is 46.1 Å². The summed E-state index contributed by atoms with van der Waals surface area (Å²) in [6, 6.07) is 144. The van der Waals surface area contributed by atoms with E-state index in [0.717, 1.165) is 94.6 Å². The molecule has 0 N–H and O–H groups in total. The van der Waals surface area contributed by atoms with Gasteiger partial charge in [0, 0.05) is 33.4 Å². The molecule has 22 rings (SSSR count). The highest BCUT2D eigenvalue weighted by molar-refractivity contribution is 6.25. The van der Waals surface area contributed by atoms with Crippen molar-refractivity contribution in [1.82, 2.24) is 29.9 Å². The van der Waals surface area contributed by atoms with E-state index in [1.165, 1.54) is 93.5 Å². The predicted molar refractivity (Wildman–Crippen MR) is 481 cm³/mol. The van der Waals surface area contributed by atoms with Gasteiger partial charge in [-0.25, -0.2) is 29.9 Å². The number of rotatable bonds is 13. The molecule has 2 aliphatic rings. The zero-order valence-electron chi connectivity index (χ0n) is 63.7. The lowest BCUT2D eigenvalue weighted by Crippen LogP contribution is -2.00. The number of hydrogen-bond donors (Lipinski definition) is 0. The van der Waals surface area contributed by atoms with E-state index in [1.54, 1.807) is 0 Å². The van der Waals surface area contributed by atoms with Gasteiger partial charge in [-0.15, -0.1) is 0 Å². The summed E-state index contributed by atoms with van der Waals surface area (Å²) in [7, 11) is 0. The molecule has 0 aliphatic heterocycles. The summed E-state index contributed by atoms with van der Waals surface area (Å²) in [5.41, 5.74) is 33.1. The quantitative estimate of drug-likeness (QED) is 0.112. The smallest absolute Gasteiger partial charge is 0.164 e. The van der Waals surface area contributed by atoms with Crippen molar-refractivity contribution in [2.75, 3.05) is 0 Å². The molecule has 0 spiro atoms. The number of nitriles is 2. The molecule has 8 nitrogen and oxygen atoms in total. The molecule has 20 aromatic rings. The van der Waals surface area contributed by atoms with Gasteiger partial charge in [0.25, 0.3) is 0 Å². The molecule has 0 saturated carbocycles. The van der Waals surface area contributed by atoms with Gasteiger partial charge in [0.05, 0.1) is 23.3 Å². The number of fused-ring (bicyclic) bond motifs is 7. The first-order chi connectivity index (χ1) is 58.4. The highest BCUT2D eigenvalue weighted by Crippen LogP contribution is 2.55. The fourth-order valence-corrected chi connectivity index (χ4v) is 17.2. The van der Waals surface area contributed by atoms with Crippen LogP contribution in [0.5, 0.6) is 0 Å². The van der Waals surface area contributed by atoms with Crippen LogP contribution in [-0.4, -0.2) is 29.9 Å². The fraction of sp³-hybridized carbons (Fsp3) is 0. The molecule has 0 saturated heterocycles. The van der Waals surface area contributed by atoms with Crippen LogP contribution in [0.3, 0.4) is 0 Å². The molecule has 0 unspecified atom stereocenters. The van der Waals surface area contributed by atoms with E-state index in [-0.39, 0.29) is 0 Å². The fourth-order valence-electron chi connectivity index (χ4n) is 17.2. The first-order valence-corrected chi connectivity index (χ1v) is 39.5. The summed E-state index contributed by atoms with van der Waals surface area (Å²) in [5, 5.41) is 26.4. The summed E-state index contributed by atoms with van der Waals surface area (Å²) >= 11 is 0. The standard InChI is InChI=1S/C56H34N4.C54H32N4/c57-35-36-15-17-41(18-16-36)46-31-33-50-48-13-7-8-14-49(48)51-34-32-47(52(46)53(50)51)42-27-23-39(24-28-42)37-19-21-38(22-20-37)40-25-29-45(30-26-40)56-59-54(43-9-3-1-4-10-43)58-55(60-56)44-11-5-2-6-12-44;55-33-34-19-21-36(22-20-34)41-28-30-47-44-17-9-10-18-45(44)48-31-32-49(50(41)51(47)48)46-29-27-40(42-15-7-8-16-43(42)46)35-23-25-39(26-24-35)54-57-52(37-11-3-1-4-12-37)56-53(58-54)38-13-5-2-6-14-38/h1-34H;1-32H. The molecule has 0 bridgehead atoms. The van der Waals surface area contributed by atoms with Crippen molar-refractivity contribution in [3.05, 3.63) is 412 Å². The van der Waals surface area contributed by atoms with Crippen molar-refractivity contribution in [1.29, 1.82) is 10.5 Å². The van der Waals surface area contributed by atoms with E-state index in [9.17, 15) is 10.5 Å². The van der Waals surface area contributed by atoms with Crippen LogP contribution in [0.15, 0.2) is 400 Å². The minimum Gasteiger partial charge on any atom is -0.208 e. The lowest BCUT2D eigenvalue weighted by Gasteiger charge is -2.18. The van der Waals surface area contributed by atoms with E-state index in [4.69, 9.17) is 29.9 Å². The molecule has 2 heterocycles. The second-order valence-electron chi connectivity index (χ2n) is 29.7. The van der Waals surface area contributed by atoms with Crippen LogP contribution in [0.1, 0.15) is 11.1 Å². The molecular weight excluding hydrogens is 1430 g/mol. The third kappa shape index (κ3) is 12.6. The van der Waals surface area contributed by atoms with Crippen molar-refractivity contribution in [2.24, 2.45) is 0 Å².